The maximum absolute atomic E-state index is 11.3. The smallest absolute Gasteiger partial charge is 0.253 e. The third-order valence-corrected chi connectivity index (χ3v) is 3.89. The van der Waals surface area contributed by atoms with Gasteiger partial charge >= 0.3 is 0 Å². The molecule has 0 aliphatic rings. The largest absolute Gasteiger partial charge is 0.493 e. The molecule has 2 aromatic carbocycles. The quantitative estimate of drug-likeness (QED) is 0.430. The number of ether oxygens (including phenoxy) is 1. The molecule has 112 valence electrons. The molecule has 0 fully saturated rings. The van der Waals surface area contributed by atoms with Crippen molar-refractivity contribution < 1.29 is 4.74 Å². The molecule has 22 heavy (non-hydrogen) atoms. The molecule has 0 aliphatic heterocycles. The summed E-state index contributed by atoms with van der Waals surface area (Å²) in [4.78, 5) is 18.0. The van der Waals surface area contributed by atoms with Gasteiger partial charge in [-0.15, -0.1) is 0 Å². The van der Waals surface area contributed by atoms with Crippen molar-refractivity contribution in [3.8, 4) is 5.75 Å². The monoisotopic (exact) mass is 313 g/mol. The summed E-state index contributed by atoms with van der Waals surface area (Å²) in [5.41, 5.74) is 5.29. The number of nitrogen functional groups attached to an aromatic ring is 1. The van der Waals surface area contributed by atoms with E-state index in [4.69, 9.17) is 10.5 Å². The number of benzene rings is 2. The number of nitrogens with two attached hydrogens (primary N) is 1. The average Bonchev–Trinajstić information content (AvgIpc) is 2.50. The molecular weight excluding hydrogens is 298 g/mol. The predicted molar refractivity (Wildman–Crippen MR) is 89.4 cm³/mol. The number of hydrogen-bond donors (Lipinski definition) is 2. The van der Waals surface area contributed by atoms with Gasteiger partial charge in [0.25, 0.3) is 5.56 Å². The first kappa shape index (κ1) is 14.5. The Labute approximate surface area is 131 Å². The molecule has 0 aliphatic carbocycles. The Bertz CT molecular complexity index is 848. The van der Waals surface area contributed by atoms with Crippen LogP contribution in [-0.2, 0) is 0 Å². The molecule has 0 atom stereocenters. The van der Waals surface area contributed by atoms with Gasteiger partial charge in [0, 0.05) is 11.8 Å². The zero-order valence-corrected chi connectivity index (χ0v) is 12.6. The van der Waals surface area contributed by atoms with Crippen LogP contribution in [0.25, 0.3) is 10.8 Å². The fourth-order valence-electron chi connectivity index (χ4n) is 2.08. The third kappa shape index (κ3) is 3.59. The molecule has 0 saturated heterocycles. The van der Waals surface area contributed by atoms with E-state index in [0.29, 0.717) is 17.5 Å². The van der Waals surface area contributed by atoms with Gasteiger partial charge in [-0.2, -0.15) is 0 Å². The number of fused-ring (bicyclic) bond motifs is 1. The van der Waals surface area contributed by atoms with E-state index in [9.17, 15) is 4.79 Å². The number of thioether (sulfide) groups is 1. The van der Waals surface area contributed by atoms with Crippen molar-refractivity contribution in [3.63, 3.8) is 0 Å². The summed E-state index contributed by atoms with van der Waals surface area (Å²) >= 11 is 1.40. The van der Waals surface area contributed by atoms with Gasteiger partial charge in [-0.25, -0.2) is 4.98 Å². The van der Waals surface area contributed by atoms with E-state index in [2.05, 4.69) is 22.1 Å². The summed E-state index contributed by atoms with van der Waals surface area (Å²) in [6, 6.07) is 15.4. The van der Waals surface area contributed by atoms with Gasteiger partial charge in [-0.05, 0) is 22.9 Å². The summed E-state index contributed by atoms with van der Waals surface area (Å²) in [6.07, 6.45) is 0. The average molecular weight is 313 g/mol. The molecule has 0 saturated carbocycles. The number of nitrogens with one attached hydrogen (secondary N) is 1. The maximum atomic E-state index is 11.3. The highest BCUT2D eigenvalue weighted by atomic mass is 32.2. The molecule has 6 heteroatoms. The van der Waals surface area contributed by atoms with Crippen LogP contribution >= 0.6 is 11.8 Å². The molecule has 1 heterocycles. The van der Waals surface area contributed by atoms with E-state index >= 15 is 0 Å². The Morgan fingerprint density at radius 1 is 1.14 bits per heavy atom. The summed E-state index contributed by atoms with van der Waals surface area (Å²) in [7, 11) is 0. The van der Waals surface area contributed by atoms with Crippen LogP contribution in [0.4, 0.5) is 5.82 Å². The Morgan fingerprint density at radius 2 is 1.95 bits per heavy atom. The second kappa shape index (κ2) is 6.53. The van der Waals surface area contributed by atoms with Crippen LogP contribution in [0.5, 0.6) is 5.75 Å². The van der Waals surface area contributed by atoms with E-state index in [0.717, 1.165) is 11.1 Å². The van der Waals surface area contributed by atoms with Gasteiger partial charge in [0.1, 0.15) is 11.6 Å². The normalized spacial score (nSPS) is 10.7. The van der Waals surface area contributed by atoms with E-state index in [-0.39, 0.29) is 11.4 Å². The van der Waals surface area contributed by atoms with Crippen molar-refractivity contribution in [3.05, 3.63) is 58.9 Å². The number of hydrogen-bond acceptors (Lipinski definition) is 5. The van der Waals surface area contributed by atoms with Gasteiger partial charge < -0.3 is 15.5 Å². The highest BCUT2D eigenvalue weighted by Gasteiger charge is 2.01. The lowest BCUT2D eigenvalue weighted by Crippen LogP contribution is -2.10. The van der Waals surface area contributed by atoms with Crippen molar-refractivity contribution in [2.75, 3.05) is 18.1 Å². The number of rotatable bonds is 5. The molecular formula is C16H15N3O2S. The minimum absolute atomic E-state index is 0.224. The number of aromatic nitrogens is 2. The molecule has 5 nitrogen and oxygen atoms in total. The van der Waals surface area contributed by atoms with Crippen LogP contribution in [0, 0.1) is 0 Å². The Kier molecular flexibility index (Phi) is 4.29. The predicted octanol–water partition coefficient (Wildman–Crippen LogP) is 2.68. The number of aromatic amines is 1. The first-order valence-corrected chi connectivity index (χ1v) is 7.80. The molecule has 0 bridgehead atoms. The van der Waals surface area contributed by atoms with Crippen molar-refractivity contribution in [1.29, 1.82) is 0 Å². The molecule has 0 unspecified atom stereocenters. The molecule has 1 aromatic heterocycles. The molecule has 3 aromatic rings. The Balaban J connectivity index is 1.56. The molecule has 0 radical (unpaired) electrons. The first-order chi connectivity index (χ1) is 10.7. The number of anilines is 1. The second-order valence-corrected chi connectivity index (χ2v) is 5.76. The minimum Gasteiger partial charge on any atom is -0.493 e. The van der Waals surface area contributed by atoms with Crippen LogP contribution in [-0.4, -0.2) is 22.3 Å². The summed E-state index contributed by atoms with van der Waals surface area (Å²) in [5, 5.41) is 2.84. The van der Waals surface area contributed by atoms with Crippen LogP contribution in [0.1, 0.15) is 0 Å². The SMILES string of the molecule is Nc1cc(=O)[nH]c(SCCOc2ccc3ccccc3c2)n1. The highest BCUT2D eigenvalue weighted by Crippen LogP contribution is 2.21. The van der Waals surface area contributed by atoms with Gasteiger partial charge in [0.05, 0.1) is 6.61 Å². The standard InChI is InChI=1S/C16H15N3O2S/c17-14-10-15(20)19-16(18-14)22-8-7-21-13-6-5-11-3-1-2-4-12(11)9-13/h1-6,9-10H,7-8H2,(H3,17,18,19,20). The number of nitrogens with zero attached hydrogens (tertiary/aromatic N) is 1. The summed E-state index contributed by atoms with van der Waals surface area (Å²) in [6.45, 7) is 0.515. The highest BCUT2D eigenvalue weighted by molar-refractivity contribution is 7.99. The lowest BCUT2D eigenvalue weighted by Gasteiger charge is -2.07. The van der Waals surface area contributed by atoms with Crippen LogP contribution in [0.2, 0.25) is 0 Å². The van der Waals surface area contributed by atoms with E-state index in [1.807, 2.05) is 30.3 Å². The van der Waals surface area contributed by atoms with E-state index < -0.39 is 0 Å². The van der Waals surface area contributed by atoms with Gasteiger partial charge in [-0.1, -0.05) is 42.1 Å². The van der Waals surface area contributed by atoms with Crippen LogP contribution in [0.3, 0.4) is 0 Å². The molecule has 3 N–H and O–H groups in total. The lowest BCUT2D eigenvalue weighted by molar-refractivity contribution is 0.344. The lowest BCUT2D eigenvalue weighted by atomic mass is 10.1. The summed E-state index contributed by atoms with van der Waals surface area (Å²) < 4.78 is 5.72. The summed E-state index contributed by atoms with van der Waals surface area (Å²) in [5.74, 6) is 1.72. The van der Waals surface area contributed by atoms with Crippen molar-refractivity contribution in [2.24, 2.45) is 0 Å². The van der Waals surface area contributed by atoms with E-state index in [1.165, 1.54) is 23.2 Å². The first-order valence-electron chi connectivity index (χ1n) is 6.82. The van der Waals surface area contributed by atoms with Gasteiger partial charge in [0.2, 0.25) is 0 Å². The topological polar surface area (TPSA) is 81.0 Å². The third-order valence-electron chi connectivity index (χ3n) is 3.05. The van der Waals surface area contributed by atoms with Crippen molar-refractivity contribution >= 4 is 28.4 Å². The zero-order chi connectivity index (χ0) is 15.4. The van der Waals surface area contributed by atoms with Crippen molar-refractivity contribution in [2.45, 2.75) is 5.16 Å². The number of H-pyrrole nitrogens is 1. The van der Waals surface area contributed by atoms with E-state index in [1.54, 1.807) is 0 Å². The maximum Gasteiger partial charge on any atom is 0.253 e. The minimum atomic E-state index is -0.245. The van der Waals surface area contributed by atoms with Crippen LogP contribution < -0.4 is 16.0 Å². The zero-order valence-electron chi connectivity index (χ0n) is 11.8. The second-order valence-electron chi connectivity index (χ2n) is 4.68. The Hall–Kier alpha value is -2.47. The molecule has 0 spiro atoms. The fraction of sp³-hybridized carbons (Fsp3) is 0.125. The van der Waals surface area contributed by atoms with Crippen LogP contribution in [0.15, 0.2) is 58.5 Å². The van der Waals surface area contributed by atoms with Gasteiger partial charge in [0.15, 0.2) is 5.16 Å². The van der Waals surface area contributed by atoms with Crippen molar-refractivity contribution in [1.82, 2.24) is 9.97 Å². The Morgan fingerprint density at radius 3 is 2.77 bits per heavy atom. The van der Waals surface area contributed by atoms with Gasteiger partial charge in [-0.3, -0.25) is 4.79 Å². The molecule has 3 rings (SSSR count). The molecule has 0 amide bonds. The fourth-order valence-corrected chi connectivity index (χ4v) is 2.78.